The van der Waals surface area contributed by atoms with Crippen LogP contribution in [0.2, 0.25) is 0 Å². The van der Waals surface area contributed by atoms with Gasteiger partial charge >= 0.3 is 0 Å². The van der Waals surface area contributed by atoms with Gasteiger partial charge in [0.1, 0.15) is 12.4 Å². The van der Waals surface area contributed by atoms with E-state index in [2.05, 4.69) is 6.92 Å². The van der Waals surface area contributed by atoms with Crippen LogP contribution >= 0.6 is 0 Å². The molecule has 2 N–H and O–H groups in total. The van der Waals surface area contributed by atoms with Crippen molar-refractivity contribution in [2.24, 2.45) is 5.73 Å². The van der Waals surface area contributed by atoms with E-state index >= 15 is 0 Å². The molecule has 1 aromatic rings. The highest BCUT2D eigenvalue weighted by Crippen LogP contribution is 2.35. The lowest BCUT2D eigenvalue weighted by Gasteiger charge is -2.12. The van der Waals surface area contributed by atoms with Crippen LogP contribution in [-0.2, 0) is 0 Å². The fraction of sp³-hybridized carbons (Fsp3) is 0.500. The Hall–Kier alpha value is -1.42. The molecule has 0 radical (unpaired) electrons. The summed E-state index contributed by atoms with van der Waals surface area (Å²) in [6.45, 7) is 2.93. The van der Waals surface area contributed by atoms with Crippen molar-refractivity contribution in [2.45, 2.75) is 25.8 Å². The minimum absolute atomic E-state index is 0.0930. The zero-order valence-corrected chi connectivity index (χ0v) is 9.44. The Labute approximate surface area is 95.3 Å². The van der Waals surface area contributed by atoms with Crippen molar-refractivity contribution >= 4 is 0 Å². The van der Waals surface area contributed by atoms with Crippen LogP contribution in [0.15, 0.2) is 18.2 Å². The van der Waals surface area contributed by atoms with E-state index in [1.165, 1.54) is 0 Å². The van der Waals surface area contributed by atoms with Crippen molar-refractivity contribution < 1.29 is 14.2 Å². The fourth-order valence-electron chi connectivity index (χ4n) is 1.62. The predicted octanol–water partition coefficient (Wildman–Crippen LogP) is 1.92. The Balaban J connectivity index is 1.90. The molecular formula is C12H17NO3. The second kappa shape index (κ2) is 5.07. The molecule has 16 heavy (non-hydrogen) atoms. The first-order chi connectivity index (χ1) is 7.79. The average Bonchev–Trinajstić information content (AvgIpc) is 2.74. The van der Waals surface area contributed by atoms with Crippen molar-refractivity contribution in [1.29, 1.82) is 0 Å². The van der Waals surface area contributed by atoms with Crippen LogP contribution in [0.25, 0.3) is 0 Å². The van der Waals surface area contributed by atoms with E-state index < -0.39 is 0 Å². The highest BCUT2D eigenvalue weighted by atomic mass is 16.7. The summed E-state index contributed by atoms with van der Waals surface area (Å²) in [6.07, 6.45) is 2.05. The van der Waals surface area contributed by atoms with Crippen LogP contribution in [0.5, 0.6) is 17.2 Å². The molecule has 1 heterocycles. The molecule has 0 fully saturated rings. The fourth-order valence-corrected chi connectivity index (χ4v) is 1.62. The molecule has 1 aliphatic rings. The Morgan fingerprint density at radius 3 is 3.00 bits per heavy atom. The lowest BCUT2D eigenvalue weighted by atomic mass is 10.2. The summed E-state index contributed by atoms with van der Waals surface area (Å²) in [6, 6.07) is 5.64. The van der Waals surface area contributed by atoms with E-state index in [9.17, 15) is 0 Å². The summed E-state index contributed by atoms with van der Waals surface area (Å²) >= 11 is 0. The highest BCUT2D eigenvalue weighted by molar-refractivity contribution is 5.46. The van der Waals surface area contributed by atoms with E-state index in [0.717, 1.165) is 30.1 Å². The topological polar surface area (TPSA) is 53.7 Å². The number of benzene rings is 1. The van der Waals surface area contributed by atoms with Crippen LogP contribution in [0.1, 0.15) is 19.8 Å². The van der Waals surface area contributed by atoms with Gasteiger partial charge in [-0.05, 0) is 18.6 Å². The Bertz CT molecular complexity index is 354. The number of ether oxygens (including phenoxy) is 3. The van der Waals surface area contributed by atoms with E-state index in [0.29, 0.717) is 6.61 Å². The summed E-state index contributed by atoms with van der Waals surface area (Å²) in [5.74, 6) is 2.28. The minimum Gasteiger partial charge on any atom is -0.492 e. The molecule has 88 valence electrons. The smallest absolute Gasteiger partial charge is 0.231 e. The predicted molar refractivity (Wildman–Crippen MR) is 60.9 cm³/mol. The Kier molecular flexibility index (Phi) is 3.51. The second-order valence-corrected chi connectivity index (χ2v) is 3.87. The molecule has 0 saturated heterocycles. The van der Waals surface area contributed by atoms with Gasteiger partial charge in [0.15, 0.2) is 11.5 Å². The first-order valence-corrected chi connectivity index (χ1v) is 5.57. The third kappa shape index (κ3) is 2.58. The van der Waals surface area contributed by atoms with Crippen molar-refractivity contribution in [2.75, 3.05) is 13.4 Å². The largest absolute Gasteiger partial charge is 0.492 e. The monoisotopic (exact) mass is 223 g/mol. The Morgan fingerprint density at radius 2 is 2.19 bits per heavy atom. The number of hydrogen-bond acceptors (Lipinski definition) is 4. The maximum atomic E-state index is 5.86. The molecule has 1 aromatic carbocycles. The van der Waals surface area contributed by atoms with Crippen molar-refractivity contribution in [3.05, 3.63) is 18.2 Å². The zero-order chi connectivity index (χ0) is 11.4. The first-order valence-electron chi connectivity index (χ1n) is 5.57. The lowest BCUT2D eigenvalue weighted by Crippen LogP contribution is -2.27. The second-order valence-electron chi connectivity index (χ2n) is 3.87. The number of fused-ring (bicyclic) bond motifs is 1. The molecule has 0 spiro atoms. The number of hydrogen-bond donors (Lipinski definition) is 1. The molecule has 0 aliphatic carbocycles. The van der Waals surface area contributed by atoms with Gasteiger partial charge in [-0.1, -0.05) is 13.3 Å². The van der Waals surface area contributed by atoms with Gasteiger partial charge in [0.05, 0.1) is 0 Å². The highest BCUT2D eigenvalue weighted by Gasteiger charge is 2.13. The first kappa shape index (κ1) is 11.1. The van der Waals surface area contributed by atoms with Crippen LogP contribution in [0, 0.1) is 0 Å². The third-order valence-electron chi connectivity index (χ3n) is 2.47. The van der Waals surface area contributed by atoms with Gasteiger partial charge < -0.3 is 19.9 Å². The molecule has 2 rings (SSSR count). The van der Waals surface area contributed by atoms with E-state index in [1.54, 1.807) is 0 Å². The summed E-state index contributed by atoms with van der Waals surface area (Å²) in [4.78, 5) is 0. The molecule has 0 saturated carbocycles. The van der Waals surface area contributed by atoms with Gasteiger partial charge in [-0.3, -0.25) is 0 Å². The summed E-state index contributed by atoms with van der Waals surface area (Å²) in [5, 5.41) is 0. The van der Waals surface area contributed by atoms with E-state index in [1.807, 2.05) is 18.2 Å². The van der Waals surface area contributed by atoms with Gasteiger partial charge in [0, 0.05) is 12.1 Å². The maximum Gasteiger partial charge on any atom is 0.231 e. The van der Waals surface area contributed by atoms with Gasteiger partial charge in [-0.2, -0.15) is 0 Å². The lowest BCUT2D eigenvalue weighted by molar-refractivity contribution is 0.173. The van der Waals surface area contributed by atoms with Crippen molar-refractivity contribution in [3.63, 3.8) is 0 Å². The number of nitrogens with two attached hydrogens (primary N) is 1. The van der Waals surface area contributed by atoms with Crippen LogP contribution in [-0.4, -0.2) is 19.4 Å². The summed E-state index contributed by atoms with van der Waals surface area (Å²) in [7, 11) is 0. The summed E-state index contributed by atoms with van der Waals surface area (Å²) in [5.41, 5.74) is 5.86. The van der Waals surface area contributed by atoms with Gasteiger partial charge in [0.25, 0.3) is 0 Å². The quantitative estimate of drug-likeness (QED) is 0.828. The standard InChI is InChI=1S/C12H17NO3/c1-2-3-9(13)7-14-10-4-5-11-12(6-10)16-8-15-11/h4-6,9H,2-3,7-8,13H2,1H3. The summed E-state index contributed by atoms with van der Waals surface area (Å²) < 4.78 is 16.1. The SMILES string of the molecule is CCCC(N)COc1ccc2c(c1)OCO2. The molecule has 1 atom stereocenters. The van der Waals surface area contributed by atoms with Crippen LogP contribution < -0.4 is 19.9 Å². The molecule has 1 unspecified atom stereocenters. The number of rotatable bonds is 5. The zero-order valence-electron chi connectivity index (χ0n) is 9.44. The molecule has 4 nitrogen and oxygen atoms in total. The molecule has 0 aromatic heterocycles. The van der Waals surface area contributed by atoms with Crippen molar-refractivity contribution in [1.82, 2.24) is 0 Å². The third-order valence-corrected chi connectivity index (χ3v) is 2.47. The van der Waals surface area contributed by atoms with E-state index in [4.69, 9.17) is 19.9 Å². The van der Waals surface area contributed by atoms with Crippen LogP contribution in [0.4, 0.5) is 0 Å². The molecule has 0 bridgehead atoms. The van der Waals surface area contributed by atoms with Crippen LogP contribution in [0.3, 0.4) is 0 Å². The molecular weight excluding hydrogens is 206 g/mol. The molecule has 1 aliphatic heterocycles. The maximum absolute atomic E-state index is 5.86. The van der Waals surface area contributed by atoms with Crippen molar-refractivity contribution in [3.8, 4) is 17.2 Å². The average molecular weight is 223 g/mol. The van der Waals surface area contributed by atoms with Gasteiger partial charge in [-0.15, -0.1) is 0 Å². The molecule has 4 heteroatoms. The van der Waals surface area contributed by atoms with Gasteiger partial charge in [-0.25, -0.2) is 0 Å². The normalized spacial score (nSPS) is 14.9. The minimum atomic E-state index is 0.0930. The molecule has 0 amide bonds. The van der Waals surface area contributed by atoms with Gasteiger partial charge in [0.2, 0.25) is 6.79 Å². The Morgan fingerprint density at radius 1 is 1.38 bits per heavy atom. The van der Waals surface area contributed by atoms with E-state index in [-0.39, 0.29) is 12.8 Å².